The fourth-order valence-corrected chi connectivity index (χ4v) is 3.87. The van der Waals surface area contributed by atoms with Crippen LogP contribution in [0.1, 0.15) is 33.3 Å². The van der Waals surface area contributed by atoms with Crippen LogP contribution in [0.25, 0.3) is 11.3 Å². The molecule has 8 heteroatoms. The molecule has 0 atom stereocenters. The Kier molecular flexibility index (Phi) is 5.88. The molecule has 1 N–H and O–H groups in total. The number of benzene rings is 2. The molecule has 0 radical (unpaired) electrons. The first kappa shape index (κ1) is 21.6. The van der Waals surface area contributed by atoms with Crippen molar-refractivity contribution < 1.29 is 14.0 Å². The van der Waals surface area contributed by atoms with Crippen molar-refractivity contribution in [3.63, 3.8) is 0 Å². The second-order valence-corrected chi connectivity index (χ2v) is 9.22. The molecule has 0 bridgehead atoms. The van der Waals surface area contributed by atoms with E-state index in [9.17, 15) is 0 Å². The van der Waals surface area contributed by atoms with Gasteiger partial charge < -0.3 is 14.0 Å². The molecule has 1 aromatic heterocycles. The zero-order valence-electron chi connectivity index (χ0n) is 18.4. The van der Waals surface area contributed by atoms with Crippen molar-refractivity contribution in [1.29, 1.82) is 0 Å². The number of hydrazone groups is 1. The van der Waals surface area contributed by atoms with Crippen LogP contribution < -0.4 is 15.6 Å². The van der Waals surface area contributed by atoms with Crippen LogP contribution in [0.5, 0.6) is 5.75 Å². The molecule has 3 aromatic rings. The highest BCUT2D eigenvalue weighted by molar-refractivity contribution is 7.14. The Balaban J connectivity index is 1.50. The Hall–Kier alpha value is -2.68. The van der Waals surface area contributed by atoms with Crippen LogP contribution in [0, 0.1) is 0 Å². The fourth-order valence-electron chi connectivity index (χ4n) is 3.20. The van der Waals surface area contributed by atoms with Crippen molar-refractivity contribution in [2.75, 3.05) is 12.5 Å². The van der Waals surface area contributed by atoms with Crippen molar-refractivity contribution in [2.24, 2.45) is 5.10 Å². The number of thiazole rings is 1. The smallest absolute Gasteiger partial charge is 0.494 e. The van der Waals surface area contributed by atoms with Crippen LogP contribution in [0.15, 0.2) is 59.0 Å². The molecule has 2 aromatic carbocycles. The third-order valence-electron chi connectivity index (χ3n) is 5.72. The van der Waals surface area contributed by atoms with Crippen molar-refractivity contribution in [2.45, 2.75) is 38.9 Å². The van der Waals surface area contributed by atoms with E-state index in [1.807, 2.05) is 81.6 Å². The number of nitrogens with one attached hydrogen (secondary N) is 1. The van der Waals surface area contributed by atoms with Crippen molar-refractivity contribution in [3.8, 4) is 17.0 Å². The average molecular weight is 435 g/mol. The van der Waals surface area contributed by atoms with Gasteiger partial charge in [-0.1, -0.05) is 36.4 Å². The van der Waals surface area contributed by atoms with Crippen LogP contribution in [-0.4, -0.2) is 36.6 Å². The molecule has 0 amide bonds. The van der Waals surface area contributed by atoms with Crippen LogP contribution in [0.3, 0.4) is 0 Å². The van der Waals surface area contributed by atoms with Crippen molar-refractivity contribution in [3.05, 3.63) is 59.5 Å². The molecule has 0 spiro atoms. The van der Waals surface area contributed by atoms with Gasteiger partial charge in [-0.05, 0) is 45.3 Å². The van der Waals surface area contributed by atoms with E-state index in [1.54, 1.807) is 13.3 Å². The van der Waals surface area contributed by atoms with Crippen LogP contribution >= 0.6 is 11.3 Å². The summed E-state index contributed by atoms with van der Waals surface area (Å²) in [5, 5.41) is 7.09. The number of hydrogen-bond donors (Lipinski definition) is 1. The molecule has 1 aliphatic rings. The molecule has 6 nitrogen and oxygen atoms in total. The second-order valence-electron chi connectivity index (χ2n) is 8.36. The minimum atomic E-state index is -0.441. The summed E-state index contributed by atoms with van der Waals surface area (Å²) in [5.41, 5.74) is 5.96. The lowest BCUT2D eigenvalue weighted by Gasteiger charge is -2.32. The number of nitrogens with zero attached hydrogens (tertiary/aromatic N) is 2. The van der Waals surface area contributed by atoms with Gasteiger partial charge in [0.1, 0.15) is 5.75 Å². The zero-order chi connectivity index (χ0) is 22.1. The minimum absolute atomic E-state index is 0.394. The Morgan fingerprint density at radius 2 is 1.77 bits per heavy atom. The lowest BCUT2D eigenvalue weighted by Crippen LogP contribution is -2.41. The third kappa shape index (κ3) is 4.51. The summed E-state index contributed by atoms with van der Waals surface area (Å²) in [6.45, 7) is 8.17. The number of methoxy groups -OCH3 is 1. The molecule has 1 fully saturated rings. The van der Waals surface area contributed by atoms with Crippen LogP contribution in [-0.2, 0) is 9.31 Å². The van der Waals surface area contributed by atoms with E-state index >= 15 is 0 Å². The maximum absolute atomic E-state index is 6.17. The lowest BCUT2D eigenvalue weighted by molar-refractivity contribution is 0.00578. The maximum Gasteiger partial charge on any atom is 0.494 e. The largest absolute Gasteiger partial charge is 0.496 e. The first-order chi connectivity index (χ1) is 14.8. The van der Waals surface area contributed by atoms with Gasteiger partial charge in [-0.25, -0.2) is 4.98 Å². The van der Waals surface area contributed by atoms with Gasteiger partial charge in [0.25, 0.3) is 0 Å². The molecule has 0 unspecified atom stereocenters. The molecule has 160 valence electrons. The second kappa shape index (κ2) is 8.46. The predicted molar refractivity (Wildman–Crippen MR) is 127 cm³/mol. The molecule has 2 heterocycles. The highest BCUT2D eigenvalue weighted by Gasteiger charge is 2.51. The number of anilines is 1. The number of ether oxygens (including phenoxy) is 1. The summed E-state index contributed by atoms with van der Waals surface area (Å²) in [6.07, 6.45) is 1.72. The molecular formula is C23H26BN3O3S. The minimum Gasteiger partial charge on any atom is -0.496 e. The van der Waals surface area contributed by atoms with Gasteiger partial charge >= 0.3 is 7.12 Å². The van der Waals surface area contributed by atoms with Crippen LogP contribution in [0.2, 0.25) is 0 Å². The quantitative estimate of drug-likeness (QED) is 0.349. The maximum atomic E-state index is 6.17. The first-order valence-corrected chi connectivity index (χ1v) is 11.0. The van der Waals surface area contributed by atoms with Gasteiger partial charge in [0, 0.05) is 16.5 Å². The number of aromatic nitrogens is 1. The summed E-state index contributed by atoms with van der Waals surface area (Å²) in [4.78, 5) is 4.59. The summed E-state index contributed by atoms with van der Waals surface area (Å²) < 4.78 is 17.8. The van der Waals surface area contributed by atoms with Gasteiger partial charge in [0.2, 0.25) is 5.13 Å². The summed E-state index contributed by atoms with van der Waals surface area (Å²) in [7, 11) is 1.20. The van der Waals surface area contributed by atoms with Gasteiger partial charge in [0.05, 0.1) is 30.2 Å². The van der Waals surface area contributed by atoms with Gasteiger partial charge in [0.15, 0.2) is 0 Å². The van der Waals surface area contributed by atoms with Crippen molar-refractivity contribution in [1.82, 2.24) is 4.98 Å². The summed E-state index contributed by atoms with van der Waals surface area (Å²) >= 11 is 1.51. The third-order valence-corrected chi connectivity index (χ3v) is 6.46. The highest BCUT2D eigenvalue weighted by atomic mass is 32.1. The van der Waals surface area contributed by atoms with E-state index in [2.05, 4.69) is 15.5 Å². The first-order valence-electron chi connectivity index (χ1n) is 10.1. The van der Waals surface area contributed by atoms with Gasteiger partial charge in [-0.3, -0.25) is 5.43 Å². The van der Waals surface area contributed by atoms with Crippen molar-refractivity contribution >= 4 is 35.3 Å². The topological polar surface area (TPSA) is 65.0 Å². The number of hydrogen-bond acceptors (Lipinski definition) is 7. The van der Waals surface area contributed by atoms with Gasteiger partial charge in [-0.2, -0.15) is 5.10 Å². The monoisotopic (exact) mass is 435 g/mol. The molecule has 4 rings (SSSR count). The molecule has 0 saturated carbocycles. The van der Waals surface area contributed by atoms with E-state index in [4.69, 9.17) is 14.0 Å². The van der Waals surface area contributed by atoms with E-state index in [0.29, 0.717) is 0 Å². The Morgan fingerprint density at radius 1 is 1.06 bits per heavy atom. The summed E-state index contributed by atoms with van der Waals surface area (Å²) in [6, 6.07) is 15.9. The van der Waals surface area contributed by atoms with E-state index < -0.39 is 18.3 Å². The Bertz CT molecular complexity index is 1070. The average Bonchev–Trinajstić information content (AvgIpc) is 3.30. The summed E-state index contributed by atoms with van der Waals surface area (Å²) in [5.74, 6) is 0.718. The normalized spacial score (nSPS) is 17.3. The van der Waals surface area contributed by atoms with E-state index in [-0.39, 0.29) is 0 Å². The fraction of sp³-hybridized carbons (Fsp3) is 0.304. The predicted octanol–water partition coefficient (Wildman–Crippen LogP) is 4.56. The highest BCUT2D eigenvalue weighted by Crippen LogP contribution is 2.36. The van der Waals surface area contributed by atoms with E-state index in [0.717, 1.165) is 33.2 Å². The number of rotatable bonds is 6. The molecule has 31 heavy (non-hydrogen) atoms. The lowest BCUT2D eigenvalue weighted by atomic mass is 9.78. The zero-order valence-corrected chi connectivity index (χ0v) is 19.2. The Morgan fingerprint density at radius 3 is 2.45 bits per heavy atom. The van der Waals surface area contributed by atoms with Crippen LogP contribution in [0.4, 0.5) is 5.13 Å². The molecule has 0 aliphatic carbocycles. The van der Waals surface area contributed by atoms with E-state index in [1.165, 1.54) is 11.3 Å². The Labute approximate surface area is 187 Å². The molecule has 1 aliphatic heterocycles. The standard InChI is InChI=1S/C23H26BN3O3S/c1-22(2)23(3,4)30-24(29-22)18-11-12-20(28-5)17(13-18)14-25-27-21-26-19(15-31-21)16-9-7-6-8-10-16/h6-15H,1-5H3,(H,26,27). The van der Waals surface area contributed by atoms with Gasteiger partial charge in [-0.15, -0.1) is 11.3 Å². The molecular weight excluding hydrogens is 409 g/mol. The SMILES string of the molecule is COc1ccc(B2OC(C)(C)C(C)(C)O2)cc1C=NNc1nc(-c2ccccc2)cs1. The molecule has 1 saturated heterocycles.